The van der Waals surface area contributed by atoms with Crippen molar-refractivity contribution in [1.29, 1.82) is 0 Å². The highest BCUT2D eigenvalue weighted by Crippen LogP contribution is 2.29. The Morgan fingerprint density at radius 3 is 2.27 bits per heavy atom. The number of esters is 2. The van der Waals surface area contributed by atoms with Crippen LogP contribution in [0.25, 0.3) is 0 Å². The molecule has 0 aromatic carbocycles. The van der Waals surface area contributed by atoms with Crippen molar-refractivity contribution in [3.63, 3.8) is 0 Å². The summed E-state index contributed by atoms with van der Waals surface area (Å²) in [5.41, 5.74) is 0. The van der Waals surface area contributed by atoms with E-state index in [1.165, 1.54) is 18.9 Å². The predicted molar refractivity (Wildman–Crippen MR) is 86.3 cm³/mol. The standard InChI is InChI=1S/C18H30O4/c1-4-6-14(3)21-17(19)12-13-18(20)22-16-10-8-15(7-5-2)9-11-16/h12-16H,4-11H2,1-3H3/b13-12+. The van der Waals surface area contributed by atoms with Crippen LogP contribution in [0.4, 0.5) is 0 Å². The van der Waals surface area contributed by atoms with Crippen molar-refractivity contribution < 1.29 is 19.1 Å². The number of hydrogen-bond acceptors (Lipinski definition) is 4. The van der Waals surface area contributed by atoms with E-state index >= 15 is 0 Å². The van der Waals surface area contributed by atoms with Crippen LogP contribution in [0.3, 0.4) is 0 Å². The lowest BCUT2D eigenvalue weighted by Gasteiger charge is -2.27. The third kappa shape index (κ3) is 7.62. The summed E-state index contributed by atoms with van der Waals surface area (Å²) in [4.78, 5) is 23.2. The lowest BCUT2D eigenvalue weighted by Crippen LogP contribution is -2.24. The maximum atomic E-state index is 11.7. The summed E-state index contributed by atoms with van der Waals surface area (Å²) in [6.45, 7) is 6.09. The Morgan fingerprint density at radius 2 is 1.68 bits per heavy atom. The molecule has 4 heteroatoms. The summed E-state index contributed by atoms with van der Waals surface area (Å²) in [5.74, 6) is -0.144. The Morgan fingerprint density at radius 1 is 1.05 bits per heavy atom. The molecule has 126 valence electrons. The van der Waals surface area contributed by atoms with Gasteiger partial charge in [-0.05, 0) is 44.9 Å². The van der Waals surface area contributed by atoms with Gasteiger partial charge in [-0.25, -0.2) is 9.59 Å². The molecule has 0 aromatic rings. The van der Waals surface area contributed by atoms with Gasteiger partial charge < -0.3 is 9.47 Å². The molecular weight excluding hydrogens is 280 g/mol. The maximum absolute atomic E-state index is 11.7. The van der Waals surface area contributed by atoms with Gasteiger partial charge in [0.1, 0.15) is 6.10 Å². The van der Waals surface area contributed by atoms with Gasteiger partial charge in [0, 0.05) is 12.2 Å². The molecule has 1 fully saturated rings. The lowest BCUT2D eigenvalue weighted by atomic mass is 9.85. The van der Waals surface area contributed by atoms with Crippen LogP contribution in [0.2, 0.25) is 0 Å². The van der Waals surface area contributed by atoms with Gasteiger partial charge in [-0.1, -0.05) is 33.1 Å². The Kier molecular flexibility index (Phi) is 8.86. The van der Waals surface area contributed by atoms with Crippen molar-refractivity contribution in [2.24, 2.45) is 5.92 Å². The quantitative estimate of drug-likeness (QED) is 0.498. The van der Waals surface area contributed by atoms with E-state index in [9.17, 15) is 9.59 Å². The van der Waals surface area contributed by atoms with Gasteiger partial charge in [-0.2, -0.15) is 0 Å². The average molecular weight is 310 g/mol. The van der Waals surface area contributed by atoms with Gasteiger partial charge in [-0.15, -0.1) is 0 Å². The molecule has 1 atom stereocenters. The summed E-state index contributed by atoms with van der Waals surface area (Å²) >= 11 is 0. The third-order valence-corrected chi connectivity index (χ3v) is 4.14. The molecule has 0 saturated heterocycles. The topological polar surface area (TPSA) is 52.6 Å². The molecule has 4 nitrogen and oxygen atoms in total. The van der Waals surface area contributed by atoms with Crippen molar-refractivity contribution in [3.05, 3.63) is 12.2 Å². The van der Waals surface area contributed by atoms with Gasteiger partial charge in [0.2, 0.25) is 0 Å². The van der Waals surface area contributed by atoms with Crippen LogP contribution < -0.4 is 0 Å². The fourth-order valence-electron chi connectivity index (χ4n) is 2.99. The molecule has 0 spiro atoms. The second-order valence-electron chi connectivity index (χ2n) is 6.24. The number of hydrogen-bond donors (Lipinski definition) is 0. The Hall–Kier alpha value is -1.32. The van der Waals surface area contributed by atoms with E-state index in [4.69, 9.17) is 9.47 Å². The van der Waals surface area contributed by atoms with E-state index in [0.29, 0.717) is 0 Å². The zero-order valence-corrected chi connectivity index (χ0v) is 14.2. The molecule has 1 aliphatic carbocycles. The molecule has 0 heterocycles. The molecular formula is C18H30O4. The van der Waals surface area contributed by atoms with Gasteiger partial charge in [0.05, 0.1) is 6.10 Å². The van der Waals surface area contributed by atoms with E-state index in [-0.39, 0.29) is 12.2 Å². The Labute approximate surface area is 134 Å². The Bertz CT molecular complexity index is 367. The molecule has 0 radical (unpaired) electrons. The minimum atomic E-state index is -0.482. The van der Waals surface area contributed by atoms with Crippen LogP contribution in [0.5, 0.6) is 0 Å². The average Bonchev–Trinajstić information content (AvgIpc) is 2.48. The van der Waals surface area contributed by atoms with E-state index in [0.717, 1.165) is 50.5 Å². The summed E-state index contributed by atoms with van der Waals surface area (Å²) in [7, 11) is 0. The molecule has 0 aromatic heterocycles. The van der Waals surface area contributed by atoms with Crippen molar-refractivity contribution in [3.8, 4) is 0 Å². The molecule has 1 rings (SSSR count). The first-order valence-corrected chi connectivity index (χ1v) is 8.64. The highest BCUT2D eigenvalue weighted by molar-refractivity contribution is 5.91. The van der Waals surface area contributed by atoms with Crippen LogP contribution in [0, 0.1) is 5.92 Å². The second kappa shape index (κ2) is 10.4. The summed E-state index contributed by atoms with van der Waals surface area (Å²) in [6, 6.07) is 0. The predicted octanol–water partition coefficient (Wildman–Crippen LogP) is 4.18. The highest BCUT2D eigenvalue weighted by Gasteiger charge is 2.22. The number of carbonyl (C=O) groups is 2. The van der Waals surface area contributed by atoms with Crippen molar-refractivity contribution in [2.75, 3.05) is 0 Å². The second-order valence-corrected chi connectivity index (χ2v) is 6.24. The van der Waals surface area contributed by atoms with Gasteiger partial charge in [0.15, 0.2) is 0 Å². The fourth-order valence-corrected chi connectivity index (χ4v) is 2.99. The van der Waals surface area contributed by atoms with E-state index in [2.05, 4.69) is 6.92 Å². The van der Waals surface area contributed by atoms with Crippen molar-refractivity contribution in [1.82, 2.24) is 0 Å². The summed E-state index contributed by atoms with van der Waals surface area (Å²) in [6.07, 6.45) is 10.6. The van der Waals surface area contributed by atoms with E-state index in [1.807, 2.05) is 13.8 Å². The Balaban J connectivity index is 2.25. The van der Waals surface area contributed by atoms with Gasteiger partial charge in [0.25, 0.3) is 0 Å². The zero-order chi connectivity index (χ0) is 16.4. The monoisotopic (exact) mass is 310 g/mol. The molecule has 0 amide bonds. The molecule has 22 heavy (non-hydrogen) atoms. The van der Waals surface area contributed by atoms with Crippen LogP contribution in [0.15, 0.2) is 12.2 Å². The maximum Gasteiger partial charge on any atom is 0.331 e. The van der Waals surface area contributed by atoms with E-state index < -0.39 is 11.9 Å². The largest absolute Gasteiger partial charge is 0.460 e. The third-order valence-electron chi connectivity index (χ3n) is 4.14. The van der Waals surface area contributed by atoms with Crippen molar-refractivity contribution >= 4 is 11.9 Å². The van der Waals surface area contributed by atoms with Gasteiger partial charge in [-0.3, -0.25) is 0 Å². The first-order chi connectivity index (χ1) is 10.5. The lowest BCUT2D eigenvalue weighted by molar-refractivity contribution is -0.146. The fraction of sp³-hybridized carbons (Fsp3) is 0.778. The van der Waals surface area contributed by atoms with Gasteiger partial charge >= 0.3 is 11.9 Å². The number of rotatable bonds is 8. The van der Waals surface area contributed by atoms with E-state index in [1.54, 1.807) is 0 Å². The zero-order valence-electron chi connectivity index (χ0n) is 14.2. The number of ether oxygens (including phenoxy) is 2. The molecule has 1 saturated carbocycles. The molecule has 0 aliphatic heterocycles. The highest BCUT2D eigenvalue weighted by atomic mass is 16.5. The number of carbonyl (C=O) groups excluding carboxylic acids is 2. The first-order valence-electron chi connectivity index (χ1n) is 8.64. The summed E-state index contributed by atoms with van der Waals surface area (Å²) < 4.78 is 10.5. The molecule has 0 bridgehead atoms. The van der Waals surface area contributed by atoms with Crippen molar-refractivity contribution in [2.45, 2.75) is 84.3 Å². The van der Waals surface area contributed by atoms with Crippen LogP contribution in [-0.4, -0.2) is 24.1 Å². The molecule has 1 unspecified atom stereocenters. The molecule has 1 aliphatic rings. The van der Waals surface area contributed by atoms with Crippen LogP contribution in [-0.2, 0) is 19.1 Å². The SMILES string of the molecule is CCCC1CCC(OC(=O)/C=C/C(=O)OC(C)CCC)CC1. The smallest absolute Gasteiger partial charge is 0.331 e. The van der Waals surface area contributed by atoms with Crippen LogP contribution >= 0.6 is 0 Å². The molecule has 0 N–H and O–H groups in total. The first kappa shape index (κ1) is 18.7. The minimum Gasteiger partial charge on any atom is -0.460 e. The summed E-state index contributed by atoms with van der Waals surface area (Å²) in [5, 5.41) is 0. The normalized spacial score (nSPS) is 23.2. The van der Waals surface area contributed by atoms with Crippen LogP contribution in [0.1, 0.15) is 72.1 Å². The minimum absolute atomic E-state index is 0.000270.